The van der Waals surface area contributed by atoms with Gasteiger partial charge in [0.25, 0.3) is 0 Å². The quantitative estimate of drug-likeness (QED) is 0.838. The third-order valence-electron chi connectivity index (χ3n) is 3.16. The molecule has 1 aliphatic rings. The normalized spacial score (nSPS) is 23.9. The summed E-state index contributed by atoms with van der Waals surface area (Å²) in [6, 6.07) is 5.77. The van der Waals surface area contributed by atoms with E-state index in [-0.39, 0.29) is 12.3 Å². The maximum Gasteiger partial charge on any atom is 0.303 e. The number of carboxylic acids is 1. The molecule has 0 spiro atoms. The zero-order chi connectivity index (χ0) is 11.0. The molecule has 1 N–H and O–H groups in total. The van der Waals surface area contributed by atoms with Gasteiger partial charge in [0.1, 0.15) is 0 Å². The van der Waals surface area contributed by atoms with E-state index in [1.807, 2.05) is 18.2 Å². The molecule has 0 saturated carbocycles. The molecule has 80 valence electrons. The minimum atomic E-state index is -0.736. The van der Waals surface area contributed by atoms with E-state index in [2.05, 4.69) is 6.92 Å². The number of aliphatic carboxylic acids is 1. The van der Waals surface area contributed by atoms with Gasteiger partial charge < -0.3 is 5.11 Å². The van der Waals surface area contributed by atoms with Crippen molar-refractivity contribution >= 4 is 17.6 Å². The van der Waals surface area contributed by atoms with E-state index in [4.69, 9.17) is 16.7 Å². The zero-order valence-electron chi connectivity index (χ0n) is 8.53. The second kappa shape index (κ2) is 3.86. The van der Waals surface area contributed by atoms with Crippen molar-refractivity contribution in [2.24, 2.45) is 5.92 Å². The molecule has 1 aromatic rings. The Balaban J connectivity index is 2.37. The Bertz CT molecular complexity index is 401. The molecule has 2 atom stereocenters. The van der Waals surface area contributed by atoms with Crippen LogP contribution in [0, 0.1) is 5.92 Å². The van der Waals surface area contributed by atoms with E-state index in [1.54, 1.807) is 0 Å². The lowest BCUT2D eigenvalue weighted by Crippen LogP contribution is -2.09. The highest BCUT2D eigenvalue weighted by molar-refractivity contribution is 6.31. The van der Waals surface area contributed by atoms with E-state index in [0.717, 1.165) is 22.6 Å². The van der Waals surface area contributed by atoms with Gasteiger partial charge in [0.15, 0.2) is 0 Å². The first-order chi connectivity index (χ1) is 7.09. The molecule has 0 amide bonds. The van der Waals surface area contributed by atoms with Crippen molar-refractivity contribution < 1.29 is 9.90 Å². The topological polar surface area (TPSA) is 37.3 Å². The van der Waals surface area contributed by atoms with Crippen LogP contribution in [0.4, 0.5) is 0 Å². The van der Waals surface area contributed by atoms with Crippen LogP contribution < -0.4 is 0 Å². The van der Waals surface area contributed by atoms with Gasteiger partial charge in [-0.3, -0.25) is 4.79 Å². The van der Waals surface area contributed by atoms with Gasteiger partial charge in [0.05, 0.1) is 6.42 Å². The maximum absolute atomic E-state index is 10.8. The molecule has 0 bridgehead atoms. The molecule has 3 heteroatoms. The van der Waals surface area contributed by atoms with Gasteiger partial charge in [-0.2, -0.15) is 0 Å². The number of hydrogen-bond donors (Lipinski definition) is 1. The van der Waals surface area contributed by atoms with Gasteiger partial charge in [0, 0.05) is 5.02 Å². The number of fused-ring (bicyclic) bond motifs is 1. The summed E-state index contributed by atoms with van der Waals surface area (Å²) in [6.45, 7) is 2.09. The van der Waals surface area contributed by atoms with Crippen molar-refractivity contribution in [3.63, 3.8) is 0 Å². The molecule has 0 heterocycles. The standard InChI is InChI=1S/C12H13ClO2/c1-7-5-10-8(3-2-4-11(10)13)9(7)6-12(14)15/h2-4,7,9H,5-6H2,1H3,(H,14,15). The summed E-state index contributed by atoms with van der Waals surface area (Å²) in [7, 11) is 0. The molecule has 0 aliphatic heterocycles. The van der Waals surface area contributed by atoms with E-state index in [1.165, 1.54) is 0 Å². The highest BCUT2D eigenvalue weighted by atomic mass is 35.5. The number of carboxylic acid groups (broad SMARTS) is 1. The van der Waals surface area contributed by atoms with Crippen LogP contribution in [0.2, 0.25) is 5.02 Å². The summed E-state index contributed by atoms with van der Waals surface area (Å²) in [4.78, 5) is 10.8. The summed E-state index contributed by atoms with van der Waals surface area (Å²) in [6.07, 6.45) is 1.10. The predicted octanol–water partition coefficient (Wildman–Crippen LogP) is 3.09. The van der Waals surface area contributed by atoms with Crippen molar-refractivity contribution in [3.05, 3.63) is 34.3 Å². The summed E-state index contributed by atoms with van der Waals surface area (Å²) in [5, 5.41) is 9.62. The van der Waals surface area contributed by atoms with Crippen LogP contribution in [0.25, 0.3) is 0 Å². The second-order valence-corrected chi connectivity index (χ2v) is 4.60. The van der Waals surface area contributed by atoms with Crippen LogP contribution in [0.3, 0.4) is 0 Å². The lowest BCUT2D eigenvalue weighted by molar-refractivity contribution is -0.137. The lowest BCUT2D eigenvalue weighted by Gasteiger charge is -2.13. The van der Waals surface area contributed by atoms with E-state index >= 15 is 0 Å². The van der Waals surface area contributed by atoms with E-state index in [9.17, 15) is 4.79 Å². The lowest BCUT2D eigenvalue weighted by atomic mass is 9.91. The van der Waals surface area contributed by atoms with Crippen LogP contribution in [0.15, 0.2) is 18.2 Å². The fourth-order valence-corrected chi connectivity index (χ4v) is 2.67. The third kappa shape index (κ3) is 1.86. The molecule has 15 heavy (non-hydrogen) atoms. The Hall–Kier alpha value is -1.02. The zero-order valence-corrected chi connectivity index (χ0v) is 9.29. The first-order valence-electron chi connectivity index (χ1n) is 5.08. The Morgan fingerprint density at radius 3 is 3.00 bits per heavy atom. The highest BCUT2D eigenvalue weighted by Gasteiger charge is 2.31. The van der Waals surface area contributed by atoms with Crippen molar-refractivity contribution in [1.29, 1.82) is 0 Å². The van der Waals surface area contributed by atoms with Crippen LogP contribution in [-0.2, 0) is 11.2 Å². The number of hydrogen-bond acceptors (Lipinski definition) is 1. The minimum Gasteiger partial charge on any atom is -0.481 e. The van der Waals surface area contributed by atoms with Gasteiger partial charge in [-0.05, 0) is 35.4 Å². The number of rotatable bonds is 2. The molecule has 0 aromatic heterocycles. The second-order valence-electron chi connectivity index (χ2n) is 4.19. The number of carbonyl (C=O) groups is 1. The first-order valence-corrected chi connectivity index (χ1v) is 5.46. The molecular weight excluding hydrogens is 212 g/mol. The Morgan fingerprint density at radius 1 is 1.60 bits per heavy atom. The SMILES string of the molecule is CC1Cc2c(Cl)cccc2C1CC(=O)O. The largest absolute Gasteiger partial charge is 0.481 e. The van der Waals surface area contributed by atoms with Crippen LogP contribution in [0.5, 0.6) is 0 Å². The van der Waals surface area contributed by atoms with Crippen molar-refractivity contribution in [1.82, 2.24) is 0 Å². The number of halogens is 1. The molecule has 1 aromatic carbocycles. The molecule has 2 unspecified atom stereocenters. The highest BCUT2D eigenvalue weighted by Crippen LogP contribution is 2.42. The van der Waals surface area contributed by atoms with Gasteiger partial charge in [-0.1, -0.05) is 30.7 Å². The first kappa shape index (κ1) is 10.5. The summed E-state index contributed by atoms with van der Waals surface area (Å²) < 4.78 is 0. The Morgan fingerprint density at radius 2 is 2.33 bits per heavy atom. The molecule has 2 nitrogen and oxygen atoms in total. The Labute approximate surface area is 93.9 Å². The Kier molecular flexibility index (Phi) is 2.70. The van der Waals surface area contributed by atoms with Crippen LogP contribution >= 0.6 is 11.6 Å². The maximum atomic E-state index is 10.8. The molecule has 0 radical (unpaired) electrons. The summed E-state index contributed by atoms with van der Waals surface area (Å²) >= 11 is 6.09. The van der Waals surface area contributed by atoms with Crippen LogP contribution in [-0.4, -0.2) is 11.1 Å². The monoisotopic (exact) mass is 224 g/mol. The van der Waals surface area contributed by atoms with Gasteiger partial charge >= 0.3 is 5.97 Å². The third-order valence-corrected chi connectivity index (χ3v) is 3.52. The number of benzene rings is 1. The fourth-order valence-electron chi connectivity index (χ4n) is 2.41. The molecule has 2 rings (SSSR count). The van der Waals surface area contributed by atoms with Gasteiger partial charge in [-0.25, -0.2) is 0 Å². The molecular formula is C12H13ClO2. The van der Waals surface area contributed by atoms with Crippen LogP contribution in [0.1, 0.15) is 30.4 Å². The smallest absolute Gasteiger partial charge is 0.303 e. The molecule has 0 fully saturated rings. The van der Waals surface area contributed by atoms with Gasteiger partial charge in [-0.15, -0.1) is 0 Å². The van der Waals surface area contributed by atoms with Crippen molar-refractivity contribution in [2.75, 3.05) is 0 Å². The fraction of sp³-hybridized carbons (Fsp3) is 0.417. The van der Waals surface area contributed by atoms with Crippen molar-refractivity contribution in [3.8, 4) is 0 Å². The van der Waals surface area contributed by atoms with E-state index in [0.29, 0.717) is 5.92 Å². The minimum absolute atomic E-state index is 0.121. The predicted molar refractivity (Wildman–Crippen MR) is 59.3 cm³/mol. The summed E-state index contributed by atoms with van der Waals surface area (Å²) in [5.74, 6) is -0.244. The van der Waals surface area contributed by atoms with E-state index < -0.39 is 5.97 Å². The molecule has 0 saturated heterocycles. The van der Waals surface area contributed by atoms with Gasteiger partial charge in [0.2, 0.25) is 0 Å². The average molecular weight is 225 g/mol. The molecule has 1 aliphatic carbocycles. The summed E-state index contributed by atoms with van der Waals surface area (Å²) in [5.41, 5.74) is 2.26. The van der Waals surface area contributed by atoms with Crippen molar-refractivity contribution in [2.45, 2.75) is 25.7 Å². The average Bonchev–Trinajstić information content (AvgIpc) is 2.45.